The van der Waals surface area contributed by atoms with E-state index >= 15 is 0 Å². The maximum atomic E-state index is 13.4. The number of hydrogen-bond donors (Lipinski definition) is 2. The van der Waals surface area contributed by atoms with Gasteiger partial charge in [0.25, 0.3) is 5.91 Å². The van der Waals surface area contributed by atoms with Crippen LogP contribution in [0.15, 0.2) is 52.7 Å². The van der Waals surface area contributed by atoms with Crippen molar-refractivity contribution in [2.45, 2.75) is 6.42 Å². The molecule has 2 N–H and O–H groups in total. The maximum Gasteiger partial charge on any atom is 0.335 e. The molecule has 0 saturated carbocycles. The zero-order valence-electron chi connectivity index (χ0n) is 17.7. The van der Waals surface area contributed by atoms with Gasteiger partial charge in [0.2, 0.25) is 17.8 Å². The topological polar surface area (TPSA) is 99.6 Å². The summed E-state index contributed by atoms with van der Waals surface area (Å²) in [5.41, 5.74) is 1.46. The minimum atomic E-state index is -1.07. The number of nitrogens with one attached hydrogen (secondary N) is 1. The van der Waals surface area contributed by atoms with Gasteiger partial charge in [-0.25, -0.2) is 4.79 Å². The van der Waals surface area contributed by atoms with Crippen molar-refractivity contribution < 1.29 is 28.3 Å². The molecule has 0 spiro atoms. The Morgan fingerprint density at radius 1 is 1.11 bits per heavy atom. The first-order chi connectivity index (χ1) is 16.7. The van der Waals surface area contributed by atoms with Crippen LogP contribution in [-0.4, -0.2) is 43.6 Å². The standard InChI is InChI=1S/C23H15F2N3O4S3/c24-18-8-13(9-19(25)27-18)14-7-16(34-11-14)10-17-21(30)28(23(33)35-17)6-5-20(29)26-15-3-1-12(2-4-15)22(31)32/h1-4,7-11H,5-6H2,(H,26,29)(H,31,32)/b17-10-. The second kappa shape index (κ2) is 10.4. The molecular formula is C23H15F2N3O4S3. The molecule has 0 aliphatic carbocycles. The molecule has 0 radical (unpaired) electrons. The fourth-order valence-corrected chi connectivity index (χ4v) is 5.39. The van der Waals surface area contributed by atoms with Crippen LogP contribution < -0.4 is 5.32 Å². The Kier molecular flexibility index (Phi) is 7.34. The molecule has 1 aliphatic heterocycles. The largest absolute Gasteiger partial charge is 0.478 e. The summed E-state index contributed by atoms with van der Waals surface area (Å²) >= 11 is 7.70. The van der Waals surface area contributed by atoms with Crippen molar-refractivity contribution in [1.82, 2.24) is 9.88 Å². The van der Waals surface area contributed by atoms with Gasteiger partial charge >= 0.3 is 5.97 Å². The summed E-state index contributed by atoms with van der Waals surface area (Å²) in [5.74, 6) is -3.60. The number of thiophene rings is 1. The number of thiocarbonyl (C=S) groups is 1. The van der Waals surface area contributed by atoms with Crippen molar-refractivity contribution in [3.63, 3.8) is 0 Å². The van der Waals surface area contributed by atoms with Crippen LogP contribution in [0.3, 0.4) is 0 Å². The van der Waals surface area contributed by atoms with Gasteiger partial charge in [-0.3, -0.25) is 14.5 Å². The summed E-state index contributed by atoms with van der Waals surface area (Å²) in [7, 11) is 0. The third kappa shape index (κ3) is 5.96. The van der Waals surface area contributed by atoms with Crippen LogP contribution in [0.25, 0.3) is 17.2 Å². The van der Waals surface area contributed by atoms with E-state index in [4.69, 9.17) is 17.3 Å². The fourth-order valence-electron chi connectivity index (χ4n) is 3.17. The lowest BCUT2D eigenvalue weighted by atomic mass is 10.1. The number of benzene rings is 1. The smallest absolute Gasteiger partial charge is 0.335 e. The number of rotatable bonds is 7. The molecule has 1 aliphatic rings. The second-order valence-corrected chi connectivity index (χ2v) is 9.87. The highest BCUT2D eigenvalue weighted by Crippen LogP contribution is 2.35. The average Bonchev–Trinajstić information content (AvgIpc) is 3.37. The van der Waals surface area contributed by atoms with Gasteiger partial charge in [0.15, 0.2) is 0 Å². The van der Waals surface area contributed by atoms with Crippen molar-refractivity contribution in [3.05, 3.63) is 75.1 Å². The van der Waals surface area contributed by atoms with E-state index in [9.17, 15) is 23.2 Å². The first kappa shape index (κ1) is 24.6. The molecule has 0 unspecified atom stereocenters. The van der Waals surface area contributed by atoms with Gasteiger partial charge in [-0.05, 0) is 52.9 Å². The van der Waals surface area contributed by atoms with Crippen LogP contribution in [0.1, 0.15) is 21.7 Å². The SMILES string of the molecule is O=C(CCN1C(=O)/C(=C/c2cc(-c3cc(F)nc(F)c3)cs2)SC1=S)Nc1ccc(C(=O)O)cc1. The molecule has 178 valence electrons. The van der Waals surface area contributed by atoms with Crippen molar-refractivity contribution in [3.8, 4) is 11.1 Å². The highest BCUT2D eigenvalue weighted by atomic mass is 32.2. The molecule has 1 fully saturated rings. The normalized spacial score (nSPS) is 14.6. The van der Waals surface area contributed by atoms with Gasteiger partial charge in [-0.1, -0.05) is 24.0 Å². The Labute approximate surface area is 211 Å². The molecule has 12 heteroatoms. The predicted octanol–water partition coefficient (Wildman–Crippen LogP) is 5.02. The number of anilines is 1. The number of carboxylic acid groups (broad SMARTS) is 1. The third-order valence-corrected chi connectivity index (χ3v) is 7.10. The van der Waals surface area contributed by atoms with E-state index < -0.39 is 17.9 Å². The quantitative estimate of drug-likeness (QED) is 0.251. The highest BCUT2D eigenvalue weighted by molar-refractivity contribution is 8.26. The molecular weight excluding hydrogens is 516 g/mol. The van der Waals surface area contributed by atoms with Crippen LogP contribution in [0.2, 0.25) is 0 Å². The number of halogens is 2. The predicted molar refractivity (Wildman–Crippen MR) is 134 cm³/mol. The van der Waals surface area contributed by atoms with Gasteiger partial charge < -0.3 is 10.4 Å². The zero-order valence-corrected chi connectivity index (χ0v) is 20.1. The monoisotopic (exact) mass is 531 g/mol. The number of pyridine rings is 1. The van der Waals surface area contributed by atoms with Crippen LogP contribution >= 0.6 is 35.3 Å². The number of nitrogens with zero attached hydrogens (tertiary/aromatic N) is 2. The van der Waals surface area contributed by atoms with Crippen LogP contribution in [0.4, 0.5) is 14.5 Å². The first-order valence-electron chi connectivity index (χ1n) is 10.00. The summed E-state index contributed by atoms with van der Waals surface area (Å²) in [4.78, 5) is 41.5. The third-order valence-electron chi connectivity index (χ3n) is 4.84. The van der Waals surface area contributed by atoms with E-state index in [-0.39, 0.29) is 30.3 Å². The van der Waals surface area contributed by atoms with Crippen molar-refractivity contribution in [2.75, 3.05) is 11.9 Å². The summed E-state index contributed by atoms with van der Waals surface area (Å²) in [6, 6.07) is 9.67. The Morgan fingerprint density at radius 2 is 1.80 bits per heavy atom. The Balaban J connectivity index is 1.38. The molecule has 7 nitrogen and oxygen atoms in total. The van der Waals surface area contributed by atoms with E-state index in [0.717, 1.165) is 23.9 Å². The van der Waals surface area contributed by atoms with Crippen LogP contribution in [0.5, 0.6) is 0 Å². The van der Waals surface area contributed by atoms with E-state index in [1.807, 2.05) is 0 Å². The first-order valence-corrected chi connectivity index (χ1v) is 12.1. The van der Waals surface area contributed by atoms with Crippen molar-refractivity contribution >= 4 is 69.2 Å². The van der Waals surface area contributed by atoms with Gasteiger partial charge in [0, 0.05) is 35.7 Å². The van der Waals surface area contributed by atoms with Gasteiger partial charge in [-0.15, -0.1) is 11.3 Å². The minimum absolute atomic E-state index is 0.0112. The molecule has 1 saturated heterocycles. The Morgan fingerprint density at radius 3 is 2.46 bits per heavy atom. The summed E-state index contributed by atoms with van der Waals surface area (Å²) in [6.45, 7) is 0.0757. The number of thioether (sulfide) groups is 1. The van der Waals surface area contributed by atoms with Crippen molar-refractivity contribution in [2.24, 2.45) is 0 Å². The molecule has 1 aromatic carbocycles. The van der Waals surface area contributed by atoms with Gasteiger partial charge in [0.1, 0.15) is 4.32 Å². The zero-order chi connectivity index (χ0) is 25.1. The number of carbonyl (C=O) groups excluding carboxylic acids is 2. The molecule has 0 atom stereocenters. The summed E-state index contributed by atoms with van der Waals surface area (Å²) < 4.78 is 27.1. The number of aromatic nitrogens is 1. The lowest BCUT2D eigenvalue weighted by Crippen LogP contribution is -2.31. The number of hydrogen-bond acceptors (Lipinski definition) is 7. The van der Waals surface area contributed by atoms with Crippen molar-refractivity contribution in [1.29, 1.82) is 0 Å². The van der Waals surface area contributed by atoms with E-state index in [1.54, 1.807) is 17.5 Å². The molecule has 3 heterocycles. The number of carbonyl (C=O) groups is 3. The van der Waals surface area contributed by atoms with E-state index in [0.29, 0.717) is 30.9 Å². The Hall–Kier alpha value is -3.48. The molecule has 2 amide bonds. The lowest BCUT2D eigenvalue weighted by molar-refractivity contribution is -0.122. The molecule has 2 aromatic heterocycles. The molecule has 35 heavy (non-hydrogen) atoms. The molecule has 3 aromatic rings. The number of amides is 2. The average molecular weight is 532 g/mol. The van der Waals surface area contributed by atoms with E-state index in [2.05, 4.69) is 10.3 Å². The maximum absolute atomic E-state index is 13.4. The number of aromatic carboxylic acids is 1. The Bertz CT molecular complexity index is 1350. The van der Waals surface area contributed by atoms with Gasteiger partial charge in [-0.2, -0.15) is 13.8 Å². The fraction of sp³-hybridized carbons (Fsp3) is 0.0870. The highest BCUT2D eigenvalue weighted by Gasteiger charge is 2.32. The number of carboxylic acids is 1. The molecule has 4 rings (SSSR count). The van der Waals surface area contributed by atoms with Gasteiger partial charge in [0.05, 0.1) is 10.5 Å². The lowest BCUT2D eigenvalue weighted by Gasteiger charge is -2.14. The molecule has 0 bridgehead atoms. The second-order valence-electron chi connectivity index (χ2n) is 7.25. The summed E-state index contributed by atoms with van der Waals surface area (Å²) in [5, 5.41) is 13.3. The van der Waals surface area contributed by atoms with Crippen LogP contribution in [-0.2, 0) is 9.59 Å². The van der Waals surface area contributed by atoms with Crippen LogP contribution in [0, 0.1) is 11.9 Å². The van der Waals surface area contributed by atoms with E-state index in [1.165, 1.54) is 40.5 Å². The minimum Gasteiger partial charge on any atom is -0.478 e. The summed E-state index contributed by atoms with van der Waals surface area (Å²) in [6.07, 6.45) is 1.63.